The molecule has 8 aromatic rings. The number of pyridine rings is 2. The van der Waals surface area contributed by atoms with E-state index in [9.17, 15) is 0 Å². The molecule has 3 heteroatoms. The second kappa shape index (κ2) is 15.6. The van der Waals surface area contributed by atoms with Crippen LogP contribution in [0.15, 0.2) is 79.1 Å². The Labute approximate surface area is 446 Å². The van der Waals surface area contributed by atoms with Crippen molar-refractivity contribution in [1.82, 2.24) is 14.4 Å². The van der Waals surface area contributed by atoms with Gasteiger partial charge in [0.25, 0.3) is 0 Å². The zero-order chi connectivity index (χ0) is 50.0. The molecule has 0 amide bonds. The van der Waals surface area contributed by atoms with Gasteiger partial charge >= 0.3 is 0 Å². The second-order valence-corrected chi connectivity index (χ2v) is 27.9. The van der Waals surface area contributed by atoms with Crippen LogP contribution in [-0.2, 0) is 10.8 Å². The van der Waals surface area contributed by atoms with E-state index < -0.39 is 0 Å². The summed E-state index contributed by atoms with van der Waals surface area (Å²) in [6.07, 6.45) is 30.0. The fourth-order valence-corrected chi connectivity index (χ4v) is 21.5. The Kier molecular flexibility index (Phi) is 9.36. The molecule has 4 aromatic heterocycles. The number of hydrogen-bond donors (Lipinski definition) is 0. The third-order valence-corrected chi connectivity index (χ3v) is 24.5. The van der Waals surface area contributed by atoms with E-state index >= 15 is 0 Å². The molecular formula is C72H79N3. The molecule has 10 aliphatic rings. The maximum atomic E-state index is 5.79. The Bertz CT molecular complexity index is 3720. The highest BCUT2D eigenvalue weighted by atomic mass is 15.0. The van der Waals surface area contributed by atoms with Gasteiger partial charge in [-0.25, -0.2) is 0 Å². The van der Waals surface area contributed by atoms with Gasteiger partial charge in [0.2, 0.25) is 0 Å². The van der Waals surface area contributed by atoms with Crippen molar-refractivity contribution in [2.75, 3.05) is 0 Å². The summed E-state index contributed by atoms with van der Waals surface area (Å²) in [5, 5.41) is 6.39. The van der Waals surface area contributed by atoms with Crippen molar-refractivity contribution in [3.8, 4) is 33.4 Å². The van der Waals surface area contributed by atoms with Crippen LogP contribution in [-0.4, -0.2) is 14.4 Å². The fourth-order valence-electron chi connectivity index (χ4n) is 21.5. The number of rotatable bonds is 13. The molecule has 10 aliphatic carbocycles. The Morgan fingerprint density at radius 2 is 1.28 bits per heavy atom. The van der Waals surface area contributed by atoms with Crippen molar-refractivity contribution in [2.45, 2.75) is 198 Å². The van der Waals surface area contributed by atoms with Gasteiger partial charge in [-0.3, -0.25) is 9.97 Å². The van der Waals surface area contributed by atoms with Crippen molar-refractivity contribution in [3.63, 3.8) is 0 Å². The monoisotopic (exact) mass is 986 g/mol. The first-order valence-corrected chi connectivity index (χ1v) is 31.2. The fraction of sp³-hybridized carbons (Fsp3) is 0.528. The van der Waals surface area contributed by atoms with Gasteiger partial charge in [0, 0.05) is 55.6 Å². The molecular weight excluding hydrogens is 907 g/mol. The molecule has 10 unspecified atom stereocenters. The van der Waals surface area contributed by atoms with Crippen LogP contribution in [0, 0.1) is 40.9 Å². The predicted molar refractivity (Wildman–Crippen MR) is 311 cm³/mol. The molecule has 382 valence electrons. The van der Waals surface area contributed by atoms with Gasteiger partial charge in [-0.1, -0.05) is 141 Å². The zero-order valence-corrected chi connectivity index (χ0v) is 46.1. The lowest BCUT2D eigenvalue weighted by atomic mass is 9.37. The smallest absolute Gasteiger partial charge is 0.0728 e. The van der Waals surface area contributed by atoms with Gasteiger partial charge in [-0.2, -0.15) is 0 Å². The summed E-state index contributed by atoms with van der Waals surface area (Å²) < 4.78 is 2.82. The van der Waals surface area contributed by atoms with E-state index in [-0.39, 0.29) is 10.8 Å². The number of benzene rings is 4. The van der Waals surface area contributed by atoms with Crippen molar-refractivity contribution in [1.29, 1.82) is 0 Å². The number of unbranched alkanes of at least 4 members (excludes halogenated alkanes) is 3. The summed E-state index contributed by atoms with van der Waals surface area (Å²) in [6.45, 7) is 14.9. The molecule has 4 aromatic carbocycles. The third-order valence-electron chi connectivity index (χ3n) is 24.5. The highest BCUT2D eigenvalue weighted by molar-refractivity contribution is 6.28. The quantitative estimate of drug-likeness (QED) is 0.108. The van der Waals surface area contributed by atoms with E-state index in [0.29, 0.717) is 40.9 Å². The van der Waals surface area contributed by atoms with Crippen LogP contribution < -0.4 is 0 Å². The van der Waals surface area contributed by atoms with Crippen molar-refractivity contribution in [3.05, 3.63) is 124 Å². The molecule has 4 heterocycles. The first kappa shape index (κ1) is 45.0. The molecule has 3 nitrogen and oxygen atoms in total. The number of fused-ring (bicyclic) bond motifs is 18. The highest BCUT2D eigenvalue weighted by Gasteiger charge is 2.73. The molecule has 5 saturated carbocycles. The Morgan fingerprint density at radius 3 is 2.04 bits per heavy atom. The van der Waals surface area contributed by atoms with Gasteiger partial charge in [0.05, 0.1) is 28.9 Å². The zero-order valence-electron chi connectivity index (χ0n) is 46.1. The Balaban J connectivity index is 0.996. The molecule has 6 bridgehead atoms. The van der Waals surface area contributed by atoms with Gasteiger partial charge in [0.1, 0.15) is 0 Å². The molecule has 1 spiro atoms. The van der Waals surface area contributed by atoms with Crippen LogP contribution in [0.2, 0.25) is 0 Å². The number of hydrogen-bond acceptors (Lipinski definition) is 2. The maximum Gasteiger partial charge on any atom is 0.0728 e. The van der Waals surface area contributed by atoms with E-state index in [0.717, 1.165) is 23.7 Å². The summed E-state index contributed by atoms with van der Waals surface area (Å²) in [5.41, 5.74) is 26.1. The van der Waals surface area contributed by atoms with Crippen LogP contribution in [0.4, 0.5) is 0 Å². The molecule has 0 radical (unpaired) electrons. The minimum absolute atomic E-state index is 0.0431. The Morgan fingerprint density at radius 1 is 0.587 bits per heavy atom. The summed E-state index contributed by atoms with van der Waals surface area (Å²) in [4.78, 5) is 11.5. The normalized spacial score (nSPS) is 31.0. The van der Waals surface area contributed by atoms with E-state index in [4.69, 9.17) is 9.97 Å². The lowest BCUT2D eigenvalue weighted by Gasteiger charge is -2.67. The maximum absolute atomic E-state index is 5.79. The minimum Gasteiger partial charge on any atom is -0.305 e. The summed E-state index contributed by atoms with van der Waals surface area (Å²) >= 11 is 0. The predicted octanol–water partition coefficient (Wildman–Crippen LogP) is 19.5. The second-order valence-electron chi connectivity index (χ2n) is 27.9. The van der Waals surface area contributed by atoms with E-state index in [1.54, 1.807) is 44.0 Å². The standard InChI is InChI=1S/C72H79N3/c1-7-11-13-17-47(10-4)72(35-39(9-3)16-12-8-2)57-31-43(42-20-22-51-50-18-14-15-19-55(50)70(5,6)56(51)30-42)21-23-52(57)53-34-54-63-59(37-74-68-58-33-49-32-48-29-46(62(63)68)36-71(48,49)58)75-60-38-73-67-45-27-40-24-41(28-45)26-44(25-40)61(67)64(60)65(66(53)72)69(54)75/h14-15,18-23,30-31,34,37-41,44-49,58H,7-13,16-17,24-29,32-33,35-36H2,1-6H3. The number of aromatic nitrogens is 3. The van der Waals surface area contributed by atoms with Crippen LogP contribution in [0.5, 0.6) is 0 Å². The summed E-state index contributed by atoms with van der Waals surface area (Å²) in [6, 6.07) is 27.6. The first-order valence-electron chi connectivity index (χ1n) is 31.2. The van der Waals surface area contributed by atoms with Crippen LogP contribution in [0.1, 0.15) is 232 Å². The largest absolute Gasteiger partial charge is 0.305 e. The van der Waals surface area contributed by atoms with Gasteiger partial charge in [-0.05, 0) is 208 Å². The average molecular weight is 986 g/mol. The molecule has 5 fully saturated rings. The van der Waals surface area contributed by atoms with E-state index in [2.05, 4.69) is 125 Å². The van der Waals surface area contributed by atoms with Crippen molar-refractivity contribution >= 4 is 38.1 Å². The Hall–Kier alpha value is -5.02. The molecule has 0 saturated heterocycles. The van der Waals surface area contributed by atoms with Gasteiger partial charge in [0.15, 0.2) is 0 Å². The lowest BCUT2D eigenvalue weighted by Crippen LogP contribution is -2.59. The van der Waals surface area contributed by atoms with Crippen molar-refractivity contribution in [2.24, 2.45) is 40.9 Å². The van der Waals surface area contributed by atoms with E-state index in [1.807, 2.05) is 0 Å². The first-order chi connectivity index (χ1) is 36.7. The van der Waals surface area contributed by atoms with Gasteiger partial charge < -0.3 is 4.40 Å². The lowest BCUT2D eigenvalue weighted by molar-refractivity contribution is -0.147. The van der Waals surface area contributed by atoms with Crippen molar-refractivity contribution < 1.29 is 0 Å². The van der Waals surface area contributed by atoms with Crippen LogP contribution in [0.25, 0.3) is 71.5 Å². The SMILES string of the molecule is CCCCCC(CC)C1(CC(CC)CCCC)c2cc(-c3ccc4c(c3)C(C)(C)c3ccccc3-4)ccc2-c2cc3c4c5c(ncc4n4c6cnc7c(c6c(c21)c34)C1CC2CC(CC7C2)C1)C1CC2CC3CC5CC321. The van der Waals surface area contributed by atoms with Gasteiger partial charge in [-0.15, -0.1) is 0 Å². The topological polar surface area (TPSA) is 30.2 Å². The van der Waals surface area contributed by atoms with Crippen LogP contribution in [0.3, 0.4) is 0 Å². The highest BCUT2D eigenvalue weighted by Crippen LogP contribution is 2.82. The van der Waals surface area contributed by atoms with E-state index in [1.165, 1.54) is 194 Å². The third kappa shape index (κ3) is 5.51. The molecule has 18 rings (SSSR count). The molecule has 10 atom stereocenters. The summed E-state index contributed by atoms with van der Waals surface area (Å²) in [7, 11) is 0. The molecule has 75 heavy (non-hydrogen) atoms. The molecule has 0 N–H and O–H groups in total. The number of nitrogens with zero attached hydrogens (tertiary/aromatic N) is 3. The van der Waals surface area contributed by atoms with Crippen LogP contribution >= 0.6 is 0 Å². The summed E-state index contributed by atoms with van der Waals surface area (Å²) in [5.74, 6) is 7.24. The molecule has 0 aliphatic heterocycles. The average Bonchev–Trinajstić information content (AvgIpc) is 4.22. The minimum atomic E-state index is -0.135.